The van der Waals surface area contributed by atoms with Crippen LogP contribution in [0.4, 0.5) is 13.2 Å². The lowest BCUT2D eigenvalue weighted by atomic mass is 9.87. The summed E-state index contributed by atoms with van der Waals surface area (Å²) in [4.78, 5) is 14.4. The van der Waals surface area contributed by atoms with Crippen LogP contribution in [-0.4, -0.2) is 11.0 Å². The number of carbonyl (C=O) groups excluding carboxylic acids is 1. The minimum atomic E-state index is -4.43. The zero-order valence-corrected chi connectivity index (χ0v) is 14.1. The van der Waals surface area contributed by atoms with Crippen LogP contribution in [0, 0.1) is 0 Å². The van der Waals surface area contributed by atoms with Crippen molar-refractivity contribution >= 4 is 16.9 Å². The summed E-state index contributed by atoms with van der Waals surface area (Å²) < 4.78 is 38.4. The summed E-state index contributed by atoms with van der Waals surface area (Å²) in [7, 11) is 0. The normalized spacial score (nSPS) is 13.1. The molecule has 0 aliphatic heterocycles. The molecule has 0 saturated heterocycles. The van der Waals surface area contributed by atoms with Crippen LogP contribution >= 0.6 is 0 Å². The van der Waals surface area contributed by atoms with E-state index >= 15 is 0 Å². The van der Waals surface area contributed by atoms with E-state index in [2.05, 4.69) is 4.98 Å². The molecule has 2 aromatic carbocycles. The average molecular weight is 360 g/mol. The Morgan fingerprint density at radius 1 is 1.15 bits per heavy atom. The molecule has 0 radical (unpaired) electrons. The number of aryl methyl sites for hydroxylation is 1. The fraction of sp³-hybridized carbons (Fsp3) is 0.250. The van der Waals surface area contributed by atoms with E-state index in [9.17, 15) is 23.1 Å². The van der Waals surface area contributed by atoms with Gasteiger partial charge in [0.25, 0.3) is 0 Å². The summed E-state index contributed by atoms with van der Waals surface area (Å²) in [5, 5.41) is 12.1. The Labute approximate surface area is 148 Å². The van der Waals surface area contributed by atoms with Gasteiger partial charge in [-0.3, -0.25) is 0 Å². The molecule has 0 bridgehead atoms. The van der Waals surface area contributed by atoms with Crippen LogP contribution in [-0.2, 0) is 17.4 Å². The van der Waals surface area contributed by atoms with Gasteiger partial charge in [0.2, 0.25) is 0 Å². The first-order valence-corrected chi connectivity index (χ1v) is 8.27. The minimum absolute atomic E-state index is 0.311. The molecule has 3 rings (SSSR count). The highest BCUT2D eigenvalue weighted by Gasteiger charge is 2.30. The number of carboxylic acids is 1. The summed E-state index contributed by atoms with van der Waals surface area (Å²) in [5.74, 6) is -1.85. The number of hydrogen-bond acceptors (Lipinski definition) is 2. The molecule has 0 saturated carbocycles. The van der Waals surface area contributed by atoms with E-state index < -0.39 is 23.6 Å². The topological polar surface area (TPSA) is 55.9 Å². The van der Waals surface area contributed by atoms with Crippen molar-refractivity contribution in [2.75, 3.05) is 0 Å². The summed E-state index contributed by atoms with van der Waals surface area (Å²) >= 11 is 0. The monoisotopic (exact) mass is 360 g/mol. The van der Waals surface area contributed by atoms with Crippen molar-refractivity contribution in [3.05, 3.63) is 70.9 Å². The van der Waals surface area contributed by atoms with Crippen molar-refractivity contribution in [1.82, 2.24) is 4.98 Å². The number of halogens is 3. The lowest BCUT2D eigenvalue weighted by molar-refractivity contribution is -0.305. The highest BCUT2D eigenvalue weighted by Crippen LogP contribution is 2.36. The van der Waals surface area contributed by atoms with Gasteiger partial charge in [0.1, 0.15) is 0 Å². The standard InChI is InChI=1S/C20H18F3NO2/c1-2-12-4-3-5-15-17(11-24-19(12)15)16(10-18(25)26)13-6-8-14(9-7-13)20(21,22)23/h3-9,11,16,24H,2,10H2,1H3,(H,25,26)/p-1/t16-/m1/s1. The highest BCUT2D eigenvalue weighted by atomic mass is 19.4. The number of nitrogens with one attached hydrogen (secondary N) is 1. The summed E-state index contributed by atoms with van der Waals surface area (Å²) in [5.41, 5.74) is 2.48. The maximum Gasteiger partial charge on any atom is 0.416 e. The van der Waals surface area contributed by atoms with Gasteiger partial charge in [-0.05, 0) is 41.7 Å². The molecule has 26 heavy (non-hydrogen) atoms. The zero-order valence-electron chi connectivity index (χ0n) is 14.1. The molecule has 0 aliphatic carbocycles. The fourth-order valence-electron chi connectivity index (χ4n) is 3.30. The molecule has 1 N–H and O–H groups in total. The number of carboxylic acid groups (broad SMARTS) is 1. The van der Waals surface area contributed by atoms with E-state index in [1.807, 2.05) is 25.1 Å². The van der Waals surface area contributed by atoms with Crippen LogP contribution < -0.4 is 5.11 Å². The van der Waals surface area contributed by atoms with E-state index in [4.69, 9.17) is 0 Å². The Balaban J connectivity index is 2.08. The van der Waals surface area contributed by atoms with Crippen LogP contribution in [0.5, 0.6) is 0 Å². The van der Waals surface area contributed by atoms with Crippen molar-refractivity contribution in [3.63, 3.8) is 0 Å². The molecule has 136 valence electrons. The number of para-hydroxylation sites is 1. The first kappa shape index (κ1) is 18.0. The molecule has 3 nitrogen and oxygen atoms in total. The van der Waals surface area contributed by atoms with E-state index in [0.717, 1.165) is 40.6 Å². The third-order valence-corrected chi connectivity index (χ3v) is 4.60. The number of benzene rings is 2. The second kappa shape index (κ2) is 6.86. The quantitative estimate of drug-likeness (QED) is 0.747. The van der Waals surface area contributed by atoms with Gasteiger partial charge in [-0.2, -0.15) is 13.2 Å². The van der Waals surface area contributed by atoms with Crippen LogP contribution in [0.15, 0.2) is 48.7 Å². The maximum atomic E-state index is 12.8. The second-order valence-electron chi connectivity index (χ2n) is 6.19. The maximum absolute atomic E-state index is 12.8. The van der Waals surface area contributed by atoms with Gasteiger partial charge < -0.3 is 14.9 Å². The van der Waals surface area contributed by atoms with Gasteiger partial charge in [-0.25, -0.2) is 0 Å². The zero-order chi connectivity index (χ0) is 18.9. The lowest BCUT2D eigenvalue weighted by Gasteiger charge is -2.19. The number of alkyl halides is 3. The molecule has 0 unspecified atom stereocenters. The third kappa shape index (κ3) is 3.45. The van der Waals surface area contributed by atoms with Crippen LogP contribution in [0.1, 0.15) is 41.5 Å². The molecular weight excluding hydrogens is 343 g/mol. The van der Waals surface area contributed by atoms with Gasteiger partial charge in [0, 0.05) is 29.0 Å². The van der Waals surface area contributed by atoms with Gasteiger partial charge in [0.15, 0.2) is 0 Å². The number of aliphatic carboxylic acids is 1. The summed E-state index contributed by atoms with van der Waals surface area (Å²) in [6, 6.07) is 10.4. The number of carbonyl (C=O) groups is 1. The van der Waals surface area contributed by atoms with Crippen molar-refractivity contribution < 1.29 is 23.1 Å². The first-order valence-electron chi connectivity index (χ1n) is 8.27. The molecule has 0 aliphatic rings. The highest BCUT2D eigenvalue weighted by molar-refractivity contribution is 5.87. The summed E-state index contributed by atoms with van der Waals surface area (Å²) in [6.07, 6.45) is -2.20. The van der Waals surface area contributed by atoms with E-state index in [0.29, 0.717) is 5.56 Å². The van der Waals surface area contributed by atoms with Crippen molar-refractivity contribution in [2.45, 2.75) is 31.9 Å². The predicted octanol–water partition coefficient (Wildman–Crippen LogP) is 4.02. The minimum Gasteiger partial charge on any atom is -0.550 e. The number of hydrogen-bond donors (Lipinski definition) is 1. The number of aromatic amines is 1. The smallest absolute Gasteiger partial charge is 0.416 e. The van der Waals surface area contributed by atoms with Gasteiger partial charge >= 0.3 is 6.18 Å². The number of H-pyrrole nitrogens is 1. The first-order chi connectivity index (χ1) is 12.3. The Hall–Kier alpha value is -2.76. The van der Waals surface area contributed by atoms with Crippen molar-refractivity contribution in [1.29, 1.82) is 0 Å². The molecular formula is C20H17F3NO2-. The third-order valence-electron chi connectivity index (χ3n) is 4.60. The SMILES string of the molecule is CCc1cccc2c([C@H](CC(=O)[O-])c3ccc(C(F)(F)F)cc3)c[nH]c12. The summed E-state index contributed by atoms with van der Waals surface area (Å²) in [6.45, 7) is 2.02. The Bertz CT molecular complexity index is 926. The molecule has 1 heterocycles. The van der Waals surface area contributed by atoms with E-state index in [1.54, 1.807) is 6.20 Å². The molecule has 3 aromatic rings. The molecule has 0 amide bonds. The Morgan fingerprint density at radius 2 is 1.85 bits per heavy atom. The largest absolute Gasteiger partial charge is 0.550 e. The average Bonchev–Trinajstić information content (AvgIpc) is 3.03. The molecule has 6 heteroatoms. The fourth-order valence-corrected chi connectivity index (χ4v) is 3.30. The Kier molecular flexibility index (Phi) is 4.76. The number of aromatic nitrogens is 1. The number of fused-ring (bicyclic) bond motifs is 1. The van der Waals surface area contributed by atoms with Crippen LogP contribution in [0.2, 0.25) is 0 Å². The second-order valence-corrected chi connectivity index (χ2v) is 6.19. The molecule has 1 atom stereocenters. The van der Waals surface area contributed by atoms with Crippen molar-refractivity contribution in [2.24, 2.45) is 0 Å². The van der Waals surface area contributed by atoms with Crippen molar-refractivity contribution in [3.8, 4) is 0 Å². The predicted molar refractivity (Wildman–Crippen MR) is 90.6 cm³/mol. The van der Waals surface area contributed by atoms with Crippen LogP contribution in [0.3, 0.4) is 0 Å². The lowest BCUT2D eigenvalue weighted by Crippen LogP contribution is -2.25. The van der Waals surface area contributed by atoms with E-state index in [-0.39, 0.29) is 6.42 Å². The van der Waals surface area contributed by atoms with Crippen LogP contribution in [0.25, 0.3) is 10.9 Å². The molecule has 1 aromatic heterocycles. The van der Waals surface area contributed by atoms with Gasteiger partial charge in [0.05, 0.1) is 5.56 Å². The van der Waals surface area contributed by atoms with Gasteiger partial charge in [-0.15, -0.1) is 0 Å². The van der Waals surface area contributed by atoms with E-state index in [1.165, 1.54) is 12.1 Å². The molecule has 0 fully saturated rings. The molecule has 0 spiro atoms. The van der Waals surface area contributed by atoms with Gasteiger partial charge in [-0.1, -0.05) is 37.3 Å². The Morgan fingerprint density at radius 3 is 2.42 bits per heavy atom. The number of rotatable bonds is 5.